The summed E-state index contributed by atoms with van der Waals surface area (Å²) in [6, 6.07) is 14.0. The lowest BCUT2D eigenvalue weighted by molar-refractivity contribution is -0.141. The van der Waals surface area contributed by atoms with Gasteiger partial charge in [0, 0.05) is 7.05 Å². The molecule has 5 nitrogen and oxygen atoms in total. The lowest BCUT2D eigenvalue weighted by atomic mass is 10.0. The van der Waals surface area contributed by atoms with Gasteiger partial charge in [-0.2, -0.15) is 4.31 Å². The van der Waals surface area contributed by atoms with Gasteiger partial charge in [-0.15, -0.1) is 0 Å². The van der Waals surface area contributed by atoms with E-state index in [0.29, 0.717) is 0 Å². The van der Waals surface area contributed by atoms with Crippen LogP contribution in [0.4, 0.5) is 0 Å². The van der Waals surface area contributed by atoms with Crippen LogP contribution >= 0.6 is 0 Å². The SMILES string of the molecule is Cc1ccc(C[C@@H](C(=O)O)N(C)S(=O)(=O)c2ccccc2)cc1. The van der Waals surface area contributed by atoms with Crippen LogP contribution in [-0.2, 0) is 21.2 Å². The van der Waals surface area contributed by atoms with Crippen LogP contribution in [0.25, 0.3) is 0 Å². The monoisotopic (exact) mass is 333 g/mol. The lowest BCUT2D eigenvalue weighted by Gasteiger charge is -2.24. The fraction of sp³-hybridized carbons (Fsp3) is 0.235. The molecule has 0 radical (unpaired) electrons. The highest BCUT2D eigenvalue weighted by Gasteiger charge is 2.32. The second kappa shape index (κ2) is 6.93. The van der Waals surface area contributed by atoms with E-state index in [0.717, 1.165) is 15.4 Å². The minimum absolute atomic E-state index is 0.0812. The summed E-state index contributed by atoms with van der Waals surface area (Å²) in [6.07, 6.45) is 0.109. The Morgan fingerprint density at radius 1 is 1.09 bits per heavy atom. The molecule has 0 aliphatic heterocycles. The number of nitrogens with zero attached hydrogens (tertiary/aromatic N) is 1. The lowest BCUT2D eigenvalue weighted by Crippen LogP contribution is -2.43. The van der Waals surface area contributed by atoms with E-state index >= 15 is 0 Å². The van der Waals surface area contributed by atoms with Gasteiger partial charge in [-0.05, 0) is 31.0 Å². The fourth-order valence-electron chi connectivity index (χ4n) is 2.25. The first kappa shape index (κ1) is 17.2. The molecule has 0 amide bonds. The van der Waals surface area contributed by atoms with Crippen LogP contribution in [0.15, 0.2) is 59.5 Å². The number of carboxylic acid groups (broad SMARTS) is 1. The molecular formula is C17H19NO4S. The minimum atomic E-state index is -3.86. The Morgan fingerprint density at radius 2 is 1.65 bits per heavy atom. The molecule has 0 aliphatic rings. The first-order valence-corrected chi connectivity index (χ1v) is 8.58. The maximum absolute atomic E-state index is 12.6. The molecule has 1 N–H and O–H groups in total. The smallest absolute Gasteiger partial charge is 0.322 e. The van der Waals surface area contributed by atoms with E-state index in [4.69, 9.17) is 0 Å². The van der Waals surface area contributed by atoms with Crippen LogP contribution in [0.1, 0.15) is 11.1 Å². The summed E-state index contributed by atoms with van der Waals surface area (Å²) in [6.45, 7) is 1.93. The van der Waals surface area contributed by atoms with E-state index in [1.165, 1.54) is 19.2 Å². The molecule has 0 saturated carbocycles. The van der Waals surface area contributed by atoms with Crippen molar-refractivity contribution >= 4 is 16.0 Å². The average Bonchev–Trinajstić information content (AvgIpc) is 2.54. The first-order valence-electron chi connectivity index (χ1n) is 7.14. The molecule has 0 bridgehead atoms. The van der Waals surface area contributed by atoms with Gasteiger partial charge in [-0.3, -0.25) is 4.79 Å². The number of likely N-dealkylation sites (N-methyl/N-ethyl adjacent to an activating group) is 1. The second-order valence-electron chi connectivity index (χ2n) is 5.38. The molecule has 0 heterocycles. The van der Waals surface area contributed by atoms with E-state index in [-0.39, 0.29) is 11.3 Å². The topological polar surface area (TPSA) is 74.7 Å². The summed E-state index contributed by atoms with van der Waals surface area (Å²) in [5.41, 5.74) is 1.84. The molecule has 6 heteroatoms. The van der Waals surface area contributed by atoms with Gasteiger partial charge >= 0.3 is 5.97 Å². The zero-order chi connectivity index (χ0) is 17.0. The molecular weight excluding hydrogens is 314 g/mol. The third-order valence-electron chi connectivity index (χ3n) is 3.69. The van der Waals surface area contributed by atoms with Crippen LogP contribution in [0.2, 0.25) is 0 Å². The van der Waals surface area contributed by atoms with Crippen molar-refractivity contribution in [2.24, 2.45) is 0 Å². The van der Waals surface area contributed by atoms with E-state index in [1.807, 2.05) is 31.2 Å². The van der Waals surface area contributed by atoms with Crippen LogP contribution in [-0.4, -0.2) is 36.9 Å². The second-order valence-corrected chi connectivity index (χ2v) is 7.38. The fourth-order valence-corrected chi connectivity index (χ4v) is 3.58. The molecule has 122 valence electrons. The summed E-state index contributed by atoms with van der Waals surface area (Å²) in [7, 11) is -2.56. The first-order chi connectivity index (χ1) is 10.8. The Labute approximate surface area is 136 Å². The summed E-state index contributed by atoms with van der Waals surface area (Å²) >= 11 is 0. The molecule has 0 fully saturated rings. The van der Waals surface area contributed by atoms with E-state index in [9.17, 15) is 18.3 Å². The van der Waals surface area contributed by atoms with Gasteiger partial charge in [0.2, 0.25) is 10.0 Å². The number of carboxylic acids is 1. The number of hydrogen-bond acceptors (Lipinski definition) is 3. The number of aliphatic carboxylic acids is 1. The Bertz CT molecular complexity index is 770. The standard InChI is InChI=1S/C17H19NO4S/c1-13-8-10-14(11-9-13)12-16(17(19)20)18(2)23(21,22)15-6-4-3-5-7-15/h3-11,16H,12H2,1-2H3,(H,19,20)/t16-/m0/s1. The van der Waals surface area contributed by atoms with Crippen molar-refractivity contribution in [1.82, 2.24) is 4.31 Å². The molecule has 2 rings (SSSR count). The largest absolute Gasteiger partial charge is 0.480 e. The molecule has 1 atom stereocenters. The quantitative estimate of drug-likeness (QED) is 0.880. The van der Waals surface area contributed by atoms with E-state index in [2.05, 4.69) is 0 Å². The Kier molecular flexibility index (Phi) is 5.18. The number of carbonyl (C=O) groups is 1. The number of sulfonamides is 1. The molecule has 0 spiro atoms. The van der Waals surface area contributed by atoms with Crippen LogP contribution < -0.4 is 0 Å². The molecule has 0 unspecified atom stereocenters. The molecule has 0 aliphatic carbocycles. The maximum atomic E-state index is 12.6. The minimum Gasteiger partial charge on any atom is -0.480 e. The zero-order valence-corrected chi connectivity index (χ0v) is 13.8. The van der Waals surface area contributed by atoms with Crippen molar-refractivity contribution in [2.45, 2.75) is 24.3 Å². The average molecular weight is 333 g/mol. The molecule has 0 aromatic heterocycles. The highest BCUT2D eigenvalue weighted by molar-refractivity contribution is 7.89. The molecule has 2 aromatic rings. The summed E-state index contributed by atoms with van der Waals surface area (Å²) in [5, 5.41) is 9.46. The Balaban J connectivity index is 2.30. The van der Waals surface area contributed by atoms with Crippen molar-refractivity contribution in [1.29, 1.82) is 0 Å². The number of rotatable bonds is 6. The zero-order valence-electron chi connectivity index (χ0n) is 13.0. The van der Waals surface area contributed by atoms with Gasteiger partial charge in [-0.1, -0.05) is 48.0 Å². The van der Waals surface area contributed by atoms with E-state index < -0.39 is 22.0 Å². The van der Waals surface area contributed by atoms with Crippen molar-refractivity contribution in [2.75, 3.05) is 7.05 Å². The van der Waals surface area contributed by atoms with Crippen molar-refractivity contribution < 1.29 is 18.3 Å². The summed E-state index contributed by atoms with van der Waals surface area (Å²) in [4.78, 5) is 11.7. The number of aryl methyl sites for hydroxylation is 1. The van der Waals surface area contributed by atoms with Gasteiger partial charge in [-0.25, -0.2) is 8.42 Å². The third-order valence-corrected chi connectivity index (χ3v) is 5.57. The Morgan fingerprint density at radius 3 is 2.17 bits per heavy atom. The molecule has 2 aromatic carbocycles. The van der Waals surface area contributed by atoms with Gasteiger partial charge in [0.05, 0.1) is 4.90 Å². The maximum Gasteiger partial charge on any atom is 0.322 e. The predicted molar refractivity (Wildman–Crippen MR) is 87.7 cm³/mol. The number of hydrogen-bond donors (Lipinski definition) is 1. The van der Waals surface area contributed by atoms with Crippen LogP contribution in [0, 0.1) is 6.92 Å². The highest BCUT2D eigenvalue weighted by Crippen LogP contribution is 2.19. The van der Waals surface area contributed by atoms with Gasteiger partial charge in [0.15, 0.2) is 0 Å². The molecule has 0 saturated heterocycles. The number of benzene rings is 2. The highest BCUT2D eigenvalue weighted by atomic mass is 32.2. The molecule has 23 heavy (non-hydrogen) atoms. The van der Waals surface area contributed by atoms with E-state index in [1.54, 1.807) is 18.2 Å². The van der Waals surface area contributed by atoms with Gasteiger partial charge in [0.25, 0.3) is 0 Å². The summed E-state index contributed by atoms with van der Waals surface area (Å²) in [5.74, 6) is -1.17. The van der Waals surface area contributed by atoms with Crippen LogP contribution in [0.3, 0.4) is 0 Å². The Hall–Kier alpha value is -2.18. The van der Waals surface area contributed by atoms with Crippen molar-refractivity contribution in [3.05, 3.63) is 65.7 Å². The van der Waals surface area contributed by atoms with Crippen molar-refractivity contribution in [3.8, 4) is 0 Å². The van der Waals surface area contributed by atoms with Gasteiger partial charge < -0.3 is 5.11 Å². The van der Waals surface area contributed by atoms with Crippen molar-refractivity contribution in [3.63, 3.8) is 0 Å². The summed E-state index contributed by atoms with van der Waals surface area (Å²) < 4.78 is 26.1. The van der Waals surface area contributed by atoms with Gasteiger partial charge in [0.1, 0.15) is 6.04 Å². The third kappa shape index (κ3) is 3.97. The predicted octanol–water partition coefficient (Wildman–Crippen LogP) is 2.31. The van der Waals surface area contributed by atoms with Crippen LogP contribution in [0.5, 0.6) is 0 Å². The normalized spacial score (nSPS) is 13.0.